The number of methoxy groups -OCH3 is 1. The Kier molecular flexibility index (Phi) is 7.04. The van der Waals surface area contributed by atoms with Crippen molar-refractivity contribution in [3.63, 3.8) is 0 Å². The van der Waals surface area contributed by atoms with E-state index in [0.717, 1.165) is 5.56 Å². The average molecular weight is 529 g/mol. The Morgan fingerprint density at radius 2 is 1.56 bits per heavy atom. The van der Waals surface area contributed by atoms with Crippen LogP contribution in [0.4, 0.5) is 0 Å². The van der Waals surface area contributed by atoms with Gasteiger partial charge in [-0.05, 0) is 29.7 Å². The van der Waals surface area contributed by atoms with Crippen molar-refractivity contribution in [2.75, 3.05) is 7.11 Å². The number of benzene rings is 4. The zero-order valence-corrected chi connectivity index (χ0v) is 21.1. The third-order valence-electron chi connectivity index (χ3n) is 7.09. The van der Waals surface area contributed by atoms with Crippen LogP contribution in [0.2, 0.25) is 0 Å². The monoisotopic (exact) mass is 528 g/mol. The van der Waals surface area contributed by atoms with Gasteiger partial charge in [0.1, 0.15) is 28.9 Å². The predicted molar refractivity (Wildman–Crippen MR) is 143 cm³/mol. The van der Waals surface area contributed by atoms with Gasteiger partial charge in [0.2, 0.25) is 5.75 Å². The van der Waals surface area contributed by atoms with E-state index >= 15 is 0 Å². The molecule has 4 aromatic rings. The lowest BCUT2D eigenvalue weighted by atomic mass is 9.82. The lowest BCUT2D eigenvalue weighted by Crippen LogP contribution is -2.21. The number of aliphatic hydroxyl groups is 1. The van der Waals surface area contributed by atoms with Gasteiger partial charge in [-0.15, -0.1) is 0 Å². The van der Waals surface area contributed by atoms with Crippen LogP contribution in [0.3, 0.4) is 0 Å². The van der Waals surface area contributed by atoms with Crippen molar-refractivity contribution in [3.05, 3.63) is 107 Å². The van der Waals surface area contributed by atoms with E-state index in [0.29, 0.717) is 5.56 Å². The second-order valence-electron chi connectivity index (χ2n) is 9.45. The maximum absolute atomic E-state index is 13.3. The van der Waals surface area contributed by atoms with Gasteiger partial charge in [0.05, 0.1) is 19.6 Å². The number of fused-ring (bicyclic) bond motifs is 1. The molecule has 200 valence electrons. The number of rotatable bonds is 7. The third-order valence-corrected chi connectivity index (χ3v) is 7.09. The van der Waals surface area contributed by atoms with Crippen molar-refractivity contribution in [3.8, 4) is 34.5 Å². The van der Waals surface area contributed by atoms with Crippen LogP contribution < -0.4 is 9.47 Å². The summed E-state index contributed by atoms with van der Waals surface area (Å²) in [4.78, 5) is 13.3. The van der Waals surface area contributed by atoms with Crippen LogP contribution in [0.15, 0.2) is 78.9 Å². The molecule has 0 amide bonds. The van der Waals surface area contributed by atoms with E-state index in [-0.39, 0.29) is 52.6 Å². The fraction of sp³-hybridized carbons (Fsp3) is 0.194. The summed E-state index contributed by atoms with van der Waals surface area (Å²) in [6.45, 7) is 0. The highest BCUT2D eigenvalue weighted by Crippen LogP contribution is 2.51. The van der Waals surface area contributed by atoms with Gasteiger partial charge >= 0.3 is 0 Å². The zero-order chi connectivity index (χ0) is 27.7. The molecule has 8 nitrogen and oxygen atoms in total. The molecule has 1 aliphatic rings. The lowest BCUT2D eigenvalue weighted by Gasteiger charge is -2.29. The van der Waals surface area contributed by atoms with Gasteiger partial charge in [0.25, 0.3) is 0 Å². The second-order valence-corrected chi connectivity index (χ2v) is 9.45. The van der Waals surface area contributed by atoms with Gasteiger partial charge in [-0.2, -0.15) is 0 Å². The molecular weight excluding hydrogens is 500 g/mol. The molecule has 5 N–H and O–H groups in total. The van der Waals surface area contributed by atoms with E-state index in [1.807, 2.05) is 36.4 Å². The first-order valence-electron chi connectivity index (χ1n) is 12.5. The topological polar surface area (TPSA) is 137 Å². The van der Waals surface area contributed by atoms with Crippen LogP contribution in [-0.2, 0) is 0 Å². The fourth-order valence-corrected chi connectivity index (χ4v) is 5.18. The number of carbonyl (C=O) groups excluding carboxylic acids is 1. The number of Topliss-reactive ketones (excluding diaryl/α,β-unsaturated/α-hetero) is 1. The first-order chi connectivity index (χ1) is 18.8. The smallest absolute Gasteiger partial charge is 0.200 e. The van der Waals surface area contributed by atoms with Crippen molar-refractivity contribution in [2.24, 2.45) is 0 Å². The summed E-state index contributed by atoms with van der Waals surface area (Å²) in [6, 6.07) is 22.2. The van der Waals surface area contributed by atoms with Crippen molar-refractivity contribution in [1.29, 1.82) is 0 Å². The number of aromatic hydroxyl groups is 4. The summed E-state index contributed by atoms with van der Waals surface area (Å²) in [5, 5.41) is 53.9. The number of phenolic OH excluding ortho intramolecular Hbond substituents is 4. The molecule has 3 unspecified atom stereocenters. The Bertz CT molecular complexity index is 1500. The van der Waals surface area contributed by atoms with E-state index in [1.165, 1.54) is 25.3 Å². The van der Waals surface area contributed by atoms with Crippen LogP contribution in [-0.4, -0.2) is 38.4 Å². The normalized spacial score (nSPS) is 16.2. The molecule has 0 spiro atoms. The van der Waals surface area contributed by atoms with E-state index in [1.54, 1.807) is 24.3 Å². The van der Waals surface area contributed by atoms with E-state index in [4.69, 9.17) is 9.47 Å². The minimum absolute atomic E-state index is 0.0113. The predicted octanol–water partition coefficient (Wildman–Crippen LogP) is 5.48. The number of carbonyl (C=O) groups is 1. The molecule has 3 atom stereocenters. The van der Waals surface area contributed by atoms with Crippen LogP contribution in [0.5, 0.6) is 34.5 Å². The minimum atomic E-state index is -1.25. The Labute approximate surface area is 225 Å². The second kappa shape index (κ2) is 10.6. The van der Waals surface area contributed by atoms with E-state index < -0.39 is 35.4 Å². The Morgan fingerprint density at radius 1 is 0.897 bits per heavy atom. The molecule has 8 heteroatoms. The van der Waals surface area contributed by atoms with E-state index in [9.17, 15) is 30.3 Å². The average Bonchev–Trinajstić information content (AvgIpc) is 2.94. The quantitative estimate of drug-likeness (QED) is 0.199. The summed E-state index contributed by atoms with van der Waals surface area (Å²) in [7, 11) is 1.30. The van der Waals surface area contributed by atoms with Gasteiger partial charge in [0.15, 0.2) is 17.3 Å². The number of aliphatic hydroxyl groups excluding tert-OH is 1. The number of ketones is 1. The minimum Gasteiger partial charge on any atom is -0.507 e. The van der Waals surface area contributed by atoms with Crippen LogP contribution in [0, 0.1) is 0 Å². The van der Waals surface area contributed by atoms with Gasteiger partial charge in [-0.25, -0.2) is 0 Å². The first-order valence-corrected chi connectivity index (χ1v) is 12.5. The standard InChI is InChI=1S/C31H28O8/c1-38-31-19(12-13-21(32)29(31)36)22(33)14-20(17-8-4-2-5-9-17)27-23(34)16-26-28(30(27)37)24(35)15-25(39-26)18-10-6-3-7-11-18/h2-13,16,20,22,25,32-34,36-37H,14-15H2,1H3. The van der Waals surface area contributed by atoms with Gasteiger partial charge in [0, 0.05) is 23.1 Å². The maximum atomic E-state index is 13.3. The highest BCUT2D eigenvalue weighted by molar-refractivity contribution is 6.03. The largest absolute Gasteiger partial charge is 0.507 e. The molecule has 1 aliphatic heterocycles. The number of hydrogen-bond acceptors (Lipinski definition) is 8. The van der Waals surface area contributed by atoms with Crippen LogP contribution in [0.1, 0.15) is 63.6 Å². The lowest BCUT2D eigenvalue weighted by molar-refractivity contribution is 0.0844. The molecule has 0 aromatic heterocycles. The van der Waals surface area contributed by atoms with Crippen molar-refractivity contribution in [1.82, 2.24) is 0 Å². The molecule has 1 heterocycles. The summed E-state index contributed by atoms with van der Waals surface area (Å²) in [5.41, 5.74) is 1.71. The number of phenols is 4. The molecule has 4 aromatic carbocycles. The SMILES string of the molecule is COc1c(C(O)CC(c2ccccc2)c2c(O)cc3c(c2O)C(=O)CC(c2ccccc2)O3)ccc(O)c1O. The van der Waals surface area contributed by atoms with Gasteiger partial charge in [-0.1, -0.05) is 60.7 Å². The highest BCUT2D eigenvalue weighted by atomic mass is 16.5. The Balaban J connectivity index is 1.57. The van der Waals surface area contributed by atoms with E-state index in [2.05, 4.69) is 0 Å². The first kappa shape index (κ1) is 25.9. The molecular formula is C31H28O8. The van der Waals surface area contributed by atoms with Gasteiger partial charge in [-0.3, -0.25) is 4.79 Å². The molecule has 0 saturated heterocycles. The van der Waals surface area contributed by atoms with Crippen molar-refractivity contribution < 1.29 is 39.8 Å². The molecule has 0 aliphatic carbocycles. The Hall–Kier alpha value is -4.69. The van der Waals surface area contributed by atoms with Crippen molar-refractivity contribution >= 4 is 5.78 Å². The number of ether oxygens (including phenoxy) is 2. The molecule has 0 fully saturated rings. The maximum Gasteiger partial charge on any atom is 0.200 e. The summed E-state index contributed by atoms with van der Waals surface area (Å²) >= 11 is 0. The Morgan fingerprint density at radius 3 is 2.23 bits per heavy atom. The molecule has 0 saturated carbocycles. The van der Waals surface area contributed by atoms with Crippen molar-refractivity contribution in [2.45, 2.75) is 31.0 Å². The molecule has 39 heavy (non-hydrogen) atoms. The molecule has 0 bridgehead atoms. The molecule has 0 radical (unpaired) electrons. The summed E-state index contributed by atoms with van der Waals surface area (Å²) < 4.78 is 11.3. The fourth-order valence-electron chi connectivity index (χ4n) is 5.18. The highest BCUT2D eigenvalue weighted by Gasteiger charge is 2.36. The number of hydrogen-bond donors (Lipinski definition) is 5. The summed E-state index contributed by atoms with van der Waals surface area (Å²) in [6.07, 6.45) is -1.86. The molecule has 5 rings (SSSR count). The zero-order valence-electron chi connectivity index (χ0n) is 21.1. The van der Waals surface area contributed by atoms with Crippen LogP contribution in [0.25, 0.3) is 0 Å². The third kappa shape index (κ3) is 4.82. The van der Waals surface area contributed by atoms with Gasteiger partial charge < -0.3 is 35.0 Å². The summed E-state index contributed by atoms with van der Waals surface area (Å²) in [5.74, 6) is -2.74. The van der Waals surface area contributed by atoms with Crippen LogP contribution >= 0.6 is 0 Å².